The van der Waals surface area contributed by atoms with Gasteiger partial charge in [-0.05, 0) is 13.0 Å². The van der Waals surface area contributed by atoms with Crippen LogP contribution in [-0.2, 0) is 6.54 Å². The maximum absolute atomic E-state index is 13.7. The molecule has 0 aromatic heterocycles. The van der Waals surface area contributed by atoms with Gasteiger partial charge >= 0.3 is 0 Å². The first-order chi connectivity index (χ1) is 11.3. The maximum Gasteiger partial charge on any atom is 0.191 e. The van der Waals surface area contributed by atoms with Gasteiger partial charge < -0.3 is 10.6 Å². The van der Waals surface area contributed by atoms with E-state index >= 15 is 0 Å². The van der Waals surface area contributed by atoms with Crippen LogP contribution in [0.4, 0.5) is 4.39 Å². The van der Waals surface area contributed by atoms with Crippen molar-refractivity contribution in [2.24, 2.45) is 4.99 Å². The van der Waals surface area contributed by atoms with Crippen LogP contribution in [0.15, 0.2) is 29.3 Å². The predicted molar refractivity (Wildman–Crippen MR) is 106 cm³/mol. The van der Waals surface area contributed by atoms with Crippen molar-refractivity contribution in [1.82, 2.24) is 20.4 Å². The van der Waals surface area contributed by atoms with Crippen LogP contribution in [0.1, 0.15) is 12.5 Å². The van der Waals surface area contributed by atoms with Crippen LogP contribution in [0.5, 0.6) is 0 Å². The van der Waals surface area contributed by atoms with Crippen molar-refractivity contribution in [3.63, 3.8) is 0 Å². The van der Waals surface area contributed by atoms with E-state index in [1.165, 1.54) is 19.2 Å². The summed E-state index contributed by atoms with van der Waals surface area (Å²) >= 11 is 0. The molecule has 2 bridgehead atoms. The van der Waals surface area contributed by atoms with Crippen LogP contribution in [-0.4, -0.2) is 67.6 Å². The van der Waals surface area contributed by atoms with Gasteiger partial charge in [-0.15, -0.1) is 24.0 Å². The van der Waals surface area contributed by atoms with E-state index in [0.717, 1.165) is 38.7 Å². The molecule has 3 aliphatic heterocycles. The molecule has 1 atom stereocenters. The van der Waals surface area contributed by atoms with E-state index in [1.807, 2.05) is 13.0 Å². The number of aliphatic imine (C=N–C) groups is 1. The second-order valence-electron chi connectivity index (χ2n) is 6.16. The van der Waals surface area contributed by atoms with Gasteiger partial charge in [0.1, 0.15) is 5.82 Å². The monoisotopic (exact) mass is 447 g/mol. The minimum Gasteiger partial charge on any atom is -0.357 e. The number of nitrogens with one attached hydrogen (secondary N) is 2. The van der Waals surface area contributed by atoms with Crippen LogP contribution in [0.2, 0.25) is 0 Å². The lowest BCUT2D eigenvalue weighted by Gasteiger charge is -2.47. The summed E-state index contributed by atoms with van der Waals surface area (Å²) in [6.07, 6.45) is 0. The van der Waals surface area contributed by atoms with Gasteiger partial charge in [-0.3, -0.25) is 9.80 Å². The number of fused-ring (bicyclic) bond motifs is 3. The summed E-state index contributed by atoms with van der Waals surface area (Å²) in [4.78, 5) is 9.59. The Morgan fingerprint density at radius 1 is 1.21 bits per heavy atom. The Labute approximate surface area is 160 Å². The molecule has 1 unspecified atom stereocenters. The van der Waals surface area contributed by atoms with Crippen LogP contribution >= 0.6 is 24.0 Å². The highest BCUT2D eigenvalue weighted by Gasteiger charge is 2.31. The lowest BCUT2D eigenvalue weighted by Crippen LogP contribution is -2.63. The van der Waals surface area contributed by atoms with Crippen molar-refractivity contribution in [2.75, 3.05) is 45.8 Å². The summed E-state index contributed by atoms with van der Waals surface area (Å²) in [5.41, 5.74) is 0.622. The summed E-state index contributed by atoms with van der Waals surface area (Å²) in [7, 11) is 0. The van der Waals surface area contributed by atoms with Crippen LogP contribution in [0.3, 0.4) is 0 Å². The SMILES string of the molecule is CCNC(=NCc1ccccc1F)NCC1CN2CCN1CC2.I. The number of piperazine rings is 3. The molecule has 0 aliphatic carbocycles. The first-order valence-electron chi connectivity index (χ1n) is 8.48. The molecular formula is C17H27FIN5. The van der Waals surface area contributed by atoms with Gasteiger partial charge in [-0.2, -0.15) is 0 Å². The standard InChI is InChI=1S/C17H26FN5.HI/c1-2-19-17(20-11-14-5-3-4-6-16(14)18)21-12-15-13-22-7-9-23(15)10-8-22;/h3-6,15H,2,7-13H2,1H3,(H2,19,20,21);1H. The Bertz CT molecular complexity index is 546. The Morgan fingerprint density at radius 2 is 1.96 bits per heavy atom. The Kier molecular flexibility index (Phi) is 7.70. The van der Waals surface area contributed by atoms with Gasteiger partial charge in [0.05, 0.1) is 6.54 Å². The molecule has 2 N–H and O–H groups in total. The Balaban J connectivity index is 0.00000208. The smallest absolute Gasteiger partial charge is 0.191 e. The van der Waals surface area contributed by atoms with E-state index in [1.54, 1.807) is 12.1 Å². The zero-order chi connectivity index (χ0) is 16.1. The first-order valence-corrected chi connectivity index (χ1v) is 8.48. The van der Waals surface area contributed by atoms with E-state index in [0.29, 0.717) is 18.2 Å². The van der Waals surface area contributed by atoms with Gasteiger partial charge in [0, 0.05) is 57.4 Å². The molecule has 7 heteroatoms. The molecule has 4 rings (SSSR count). The highest BCUT2D eigenvalue weighted by atomic mass is 127. The summed E-state index contributed by atoms with van der Waals surface area (Å²) in [6, 6.07) is 7.34. The largest absolute Gasteiger partial charge is 0.357 e. The van der Waals surface area contributed by atoms with Gasteiger partial charge in [-0.1, -0.05) is 18.2 Å². The fourth-order valence-corrected chi connectivity index (χ4v) is 3.27. The highest BCUT2D eigenvalue weighted by molar-refractivity contribution is 14.0. The molecule has 134 valence electrons. The van der Waals surface area contributed by atoms with E-state index < -0.39 is 0 Å². The van der Waals surface area contributed by atoms with Crippen molar-refractivity contribution in [3.05, 3.63) is 35.6 Å². The summed E-state index contributed by atoms with van der Waals surface area (Å²) in [5.74, 6) is 0.559. The van der Waals surface area contributed by atoms with Crippen molar-refractivity contribution >= 4 is 29.9 Å². The molecule has 0 radical (unpaired) electrons. The fraction of sp³-hybridized carbons (Fsp3) is 0.588. The van der Waals surface area contributed by atoms with Crippen molar-refractivity contribution in [1.29, 1.82) is 0 Å². The minimum absolute atomic E-state index is 0. The molecule has 24 heavy (non-hydrogen) atoms. The Hall–Kier alpha value is -0.930. The quantitative estimate of drug-likeness (QED) is 0.408. The van der Waals surface area contributed by atoms with Gasteiger partial charge in [0.2, 0.25) is 0 Å². The molecule has 3 aliphatic rings. The topological polar surface area (TPSA) is 42.9 Å². The molecular weight excluding hydrogens is 420 g/mol. The van der Waals surface area contributed by atoms with Gasteiger partial charge in [0.15, 0.2) is 5.96 Å². The predicted octanol–water partition coefficient (Wildman–Crippen LogP) is 1.50. The number of nitrogens with zero attached hydrogens (tertiary/aromatic N) is 3. The third-order valence-electron chi connectivity index (χ3n) is 4.61. The minimum atomic E-state index is -0.199. The second kappa shape index (κ2) is 9.53. The first kappa shape index (κ1) is 19.4. The van der Waals surface area contributed by atoms with Crippen molar-refractivity contribution in [3.8, 4) is 0 Å². The van der Waals surface area contributed by atoms with Crippen LogP contribution in [0, 0.1) is 5.82 Å². The van der Waals surface area contributed by atoms with Crippen LogP contribution in [0.25, 0.3) is 0 Å². The fourth-order valence-electron chi connectivity index (χ4n) is 3.27. The molecule has 3 fully saturated rings. The number of guanidine groups is 1. The van der Waals surface area contributed by atoms with Crippen molar-refractivity contribution < 1.29 is 4.39 Å². The molecule has 0 saturated carbocycles. The molecule has 3 heterocycles. The van der Waals surface area contributed by atoms with Gasteiger partial charge in [-0.25, -0.2) is 9.38 Å². The highest BCUT2D eigenvalue weighted by Crippen LogP contribution is 2.14. The zero-order valence-corrected chi connectivity index (χ0v) is 16.5. The molecule has 0 spiro atoms. The molecule has 3 saturated heterocycles. The van der Waals surface area contributed by atoms with E-state index in [2.05, 4.69) is 25.4 Å². The third-order valence-corrected chi connectivity index (χ3v) is 4.61. The summed E-state index contributed by atoms with van der Waals surface area (Å²) < 4.78 is 13.7. The molecule has 5 nitrogen and oxygen atoms in total. The second-order valence-corrected chi connectivity index (χ2v) is 6.16. The normalized spacial score (nSPS) is 25.9. The molecule has 0 amide bonds. The van der Waals surface area contributed by atoms with E-state index in [-0.39, 0.29) is 29.8 Å². The van der Waals surface area contributed by atoms with E-state index in [4.69, 9.17) is 0 Å². The lowest BCUT2D eigenvalue weighted by molar-refractivity contribution is 0.0154. The van der Waals surface area contributed by atoms with Crippen molar-refractivity contribution in [2.45, 2.75) is 19.5 Å². The molecule has 1 aromatic carbocycles. The number of hydrogen-bond donors (Lipinski definition) is 2. The van der Waals surface area contributed by atoms with E-state index in [9.17, 15) is 4.39 Å². The average molecular weight is 447 g/mol. The Morgan fingerprint density at radius 3 is 2.58 bits per heavy atom. The number of benzene rings is 1. The average Bonchev–Trinajstić information content (AvgIpc) is 2.60. The summed E-state index contributed by atoms with van der Waals surface area (Å²) in [5, 5.41) is 6.65. The van der Waals surface area contributed by atoms with Gasteiger partial charge in [0.25, 0.3) is 0 Å². The number of hydrogen-bond acceptors (Lipinski definition) is 3. The number of rotatable bonds is 5. The maximum atomic E-state index is 13.7. The summed E-state index contributed by atoms with van der Waals surface area (Å²) in [6.45, 7) is 9.89. The molecule has 1 aromatic rings. The zero-order valence-electron chi connectivity index (χ0n) is 14.2. The number of halogens is 2. The third kappa shape index (κ3) is 5.03. The lowest BCUT2D eigenvalue weighted by atomic mass is 10.1. The van der Waals surface area contributed by atoms with Crippen LogP contribution < -0.4 is 10.6 Å².